The number of halogens is 1. The van der Waals surface area contributed by atoms with Crippen molar-refractivity contribution in [2.24, 2.45) is 4.40 Å². The first kappa shape index (κ1) is 19.5. The summed E-state index contributed by atoms with van der Waals surface area (Å²) in [6.07, 6.45) is 1.47. The number of hydrogen-bond donors (Lipinski definition) is 1. The van der Waals surface area contributed by atoms with Gasteiger partial charge >= 0.3 is 0 Å². The van der Waals surface area contributed by atoms with Crippen LogP contribution in [-0.2, 0) is 17.9 Å². The zero-order valence-corrected chi connectivity index (χ0v) is 16.2. The lowest BCUT2D eigenvalue weighted by atomic mass is 10.2. The van der Waals surface area contributed by atoms with E-state index in [1.165, 1.54) is 6.21 Å². The fourth-order valence-corrected chi connectivity index (χ4v) is 2.43. The standard InChI is InChI=1S/C17H21ClN4O2S/c1-17(2,3)25(23)20-11-13-9-15(21-22-16(13)18)19-10-12-5-7-14(24-4)8-6-12/h5-9,11H,10H2,1-4H3,(H,19,21)/b20-11+. The Morgan fingerprint density at radius 2 is 1.96 bits per heavy atom. The molecule has 134 valence electrons. The second kappa shape index (κ2) is 8.51. The van der Waals surface area contributed by atoms with Gasteiger partial charge in [-0.05, 0) is 44.5 Å². The molecule has 1 heterocycles. The molecule has 25 heavy (non-hydrogen) atoms. The highest BCUT2D eigenvalue weighted by atomic mass is 35.5. The van der Waals surface area contributed by atoms with Crippen molar-refractivity contribution in [3.63, 3.8) is 0 Å². The van der Waals surface area contributed by atoms with Crippen LogP contribution in [0.25, 0.3) is 0 Å². The molecule has 0 saturated heterocycles. The molecule has 0 aliphatic rings. The first-order valence-electron chi connectivity index (χ1n) is 7.65. The lowest BCUT2D eigenvalue weighted by Crippen LogP contribution is -2.25. The van der Waals surface area contributed by atoms with E-state index >= 15 is 0 Å². The van der Waals surface area contributed by atoms with Crippen molar-refractivity contribution in [2.45, 2.75) is 32.1 Å². The molecule has 2 rings (SSSR count). The third-order valence-corrected chi connectivity index (χ3v) is 4.86. The second-order valence-electron chi connectivity index (χ2n) is 6.27. The lowest BCUT2D eigenvalue weighted by molar-refractivity contribution is 0.414. The topological polar surface area (TPSA) is 82.5 Å². The highest BCUT2D eigenvalue weighted by Crippen LogP contribution is 2.19. The average Bonchev–Trinajstić information content (AvgIpc) is 2.59. The Balaban J connectivity index is 2.06. The predicted octanol–water partition coefficient (Wildman–Crippen LogP) is 3.63. The van der Waals surface area contributed by atoms with Gasteiger partial charge < -0.3 is 14.6 Å². The molecule has 0 fully saturated rings. The van der Waals surface area contributed by atoms with Crippen LogP contribution >= 0.6 is 11.6 Å². The van der Waals surface area contributed by atoms with Gasteiger partial charge in [-0.15, -0.1) is 10.2 Å². The number of benzene rings is 1. The number of hydrogen-bond acceptors (Lipinski definition) is 6. The first-order chi connectivity index (χ1) is 11.8. The van der Waals surface area contributed by atoms with Crippen molar-refractivity contribution >= 4 is 35.0 Å². The third kappa shape index (κ3) is 5.88. The van der Waals surface area contributed by atoms with Gasteiger partial charge in [-0.25, -0.2) is 0 Å². The highest BCUT2D eigenvalue weighted by molar-refractivity contribution is 7.91. The number of rotatable bonds is 6. The van der Waals surface area contributed by atoms with Gasteiger partial charge in [0.1, 0.15) is 27.7 Å². The van der Waals surface area contributed by atoms with E-state index in [4.69, 9.17) is 16.3 Å². The summed E-state index contributed by atoms with van der Waals surface area (Å²) < 4.78 is 20.8. The molecule has 0 radical (unpaired) electrons. The molecule has 0 aliphatic heterocycles. The normalized spacial score (nSPS) is 13.0. The van der Waals surface area contributed by atoms with Crippen LogP contribution in [0.5, 0.6) is 5.75 Å². The Labute approximate surface area is 156 Å². The van der Waals surface area contributed by atoms with E-state index in [-0.39, 0.29) is 5.15 Å². The van der Waals surface area contributed by atoms with Gasteiger partial charge in [0, 0.05) is 12.1 Å². The summed E-state index contributed by atoms with van der Waals surface area (Å²) in [5, 5.41) is 11.3. The maximum Gasteiger partial charge on any atom is 0.160 e. The van der Waals surface area contributed by atoms with Crippen LogP contribution in [0.2, 0.25) is 5.15 Å². The Hall–Kier alpha value is -1.83. The molecule has 2 aromatic rings. The number of aromatic nitrogens is 2. The number of ether oxygens (including phenoxy) is 1. The van der Waals surface area contributed by atoms with Crippen molar-refractivity contribution in [1.82, 2.24) is 10.2 Å². The third-order valence-electron chi connectivity index (χ3n) is 3.22. The van der Waals surface area contributed by atoms with Crippen LogP contribution in [0, 0.1) is 0 Å². The Morgan fingerprint density at radius 3 is 2.56 bits per heavy atom. The molecule has 1 aromatic carbocycles. The van der Waals surface area contributed by atoms with Crippen LogP contribution in [-0.4, -0.2) is 32.8 Å². The molecule has 6 nitrogen and oxygen atoms in total. The summed E-state index contributed by atoms with van der Waals surface area (Å²) >= 11 is 4.68. The average molecular weight is 381 g/mol. The highest BCUT2D eigenvalue weighted by Gasteiger charge is 2.25. The molecule has 1 atom stereocenters. The summed E-state index contributed by atoms with van der Waals surface area (Å²) in [7, 11) is 1.63. The van der Waals surface area contributed by atoms with E-state index in [0.717, 1.165) is 11.3 Å². The minimum absolute atomic E-state index is 0.213. The van der Waals surface area contributed by atoms with E-state index in [9.17, 15) is 4.55 Å². The second-order valence-corrected chi connectivity index (χ2v) is 8.57. The van der Waals surface area contributed by atoms with Crippen LogP contribution in [0.4, 0.5) is 5.82 Å². The first-order valence-corrected chi connectivity index (χ1v) is 9.14. The number of nitrogens with zero attached hydrogens (tertiary/aromatic N) is 3. The molecule has 0 spiro atoms. The lowest BCUT2D eigenvalue weighted by Gasteiger charge is -2.17. The maximum absolute atomic E-state index is 12.0. The van der Waals surface area contributed by atoms with Crippen LogP contribution in [0.15, 0.2) is 34.7 Å². The molecular formula is C17H21ClN4O2S. The summed E-state index contributed by atoms with van der Waals surface area (Å²) in [6, 6.07) is 9.44. The minimum atomic E-state index is -1.36. The van der Waals surface area contributed by atoms with Gasteiger partial charge in [0.05, 0.1) is 13.3 Å². The minimum Gasteiger partial charge on any atom is -0.591 e. The summed E-state index contributed by atoms with van der Waals surface area (Å²) in [4.78, 5) is 0. The van der Waals surface area contributed by atoms with Gasteiger partial charge in [-0.3, -0.25) is 0 Å². The van der Waals surface area contributed by atoms with Crippen molar-refractivity contribution in [2.75, 3.05) is 12.4 Å². The molecule has 0 amide bonds. The Bertz CT molecular complexity index is 732. The molecule has 0 bridgehead atoms. The summed E-state index contributed by atoms with van der Waals surface area (Å²) in [5.74, 6) is 1.36. The van der Waals surface area contributed by atoms with Crippen molar-refractivity contribution in [3.05, 3.63) is 46.6 Å². The van der Waals surface area contributed by atoms with E-state index in [1.807, 2.05) is 45.0 Å². The van der Waals surface area contributed by atoms with Gasteiger partial charge in [0.25, 0.3) is 0 Å². The zero-order chi connectivity index (χ0) is 18.4. The monoisotopic (exact) mass is 380 g/mol. The fraction of sp³-hybridized carbons (Fsp3) is 0.353. The molecular weight excluding hydrogens is 360 g/mol. The van der Waals surface area contributed by atoms with Crippen LogP contribution in [0.1, 0.15) is 31.9 Å². The molecule has 8 heteroatoms. The molecule has 1 N–H and O–H groups in total. The van der Waals surface area contributed by atoms with Crippen molar-refractivity contribution < 1.29 is 9.29 Å². The van der Waals surface area contributed by atoms with Gasteiger partial charge in [0.2, 0.25) is 0 Å². The quantitative estimate of drug-likeness (QED) is 0.611. The van der Waals surface area contributed by atoms with Crippen molar-refractivity contribution in [3.8, 4) is 5.75 Å². The Kier molecular flexibility index (Phi) is 6.64. The van der Waals surface area contributed by atoms with E-state index in [1.54, 1.807) is 13.2 Å². The molecule has 1 aromatic heterocycles. The largest absolute Gasteiger partial charge is 0.591 e. The molecule has 1 unspecified atom stereocenters. The molecule has 0 saturated carbocycles. The zero-order valence-electron chi connectivity index (χ0n) is 14.6. The van der Waals surface area contributed by atoms with Gasteiger partial charge in [-0.2, -0.15) is 0 Å². The van der Waals surface area contributed by atoms with E-state index < -0.39 is 16.1 Å². The van der Waals surface area contributed by atoms with Crippen LogP contribution < -0.4 is 10.1 Å². The molecule has 0 aliphatic carbocycles. The van der Waals surface area contributed by atoms with Crippen molar-refractivity contribution in [1.29, 1.82) is 0 Å². The predicted molar refractivity (Wildman–Crippen MR) is 103 cm³/mol. The fourth-order valence-electron chi connectivity index (χ4n) is 1.77. The van der Waals surface area contributed by atoms with E-state index in [0.29, 0.717) is 17.9 Å². The van der Waals surface area contributed by atoms with Crippen LogP contribution in [0.3, 0.4) is 0 Å². The van der Waals surface area contributed by atoms with E-state index in [2.05, 4.69) is 19.9 Å². The number of anilines is 1. The Morgan fingerprint density at radius 1 is 1.28 bits per heavy atom. The summed E-state index contributed by atoms with van der Waals surface area (Å²) in [5.41, 5.74) is 1.63. The number of nitrogens with one attached hydrogen (secondary N) is 1. The summed E-state index contributed by atoms with van der Waals surface area (Å²) in [6.45, 7) is 6.14. The number of methoxy groups -OCH3 is 1. The van der Waals surface area contributed by atoms with Gasteiger partial charge in [-0.1, -0.05) is 28.1 Å². The van der Waals surface area contributed by atoms with Gasteiger partial charge in [0.15, 0.2) is 5.15 Å². The smallest absolute Gasteiger partial charge is 0.160 e. The maximum atomic E-state index is 12.0. The SMILES string of the molecule is COc1ccc(CNc2cc(/C=N/[S+]([O-])C(C)(C)C)c(Cl)nn2)cc1.